The second kappa shape index (κ2) is 5.88. The molecule has 0 aliphatic carbocycles. The van der Waals surface area contributed by atoms with Crippen LogP contribution >= 0.6 is 11.6 Å². The molecular formula is C14H11ClFNO3. The predicted octanol–water partition coefficient (Wildman–Crippen LogP) is 2.48. The van der Waals surface area contributed by atoms with Gasteiger partial charge in [0.1, 0.15) is 11.4 Å². The third kappa shape index (κ3) is 2.72. The van der Waals surface area contributed by atoms with Crippen LogP contribution in [-0.2, 0) is 11.3 Å². The van der Waals surface area contributed by atoms with E-state index in [2.05, 4.69) is 4.74 Å². The highest BCUT2D eigenvalue weighted by atomic mass is 35.5. The van der Waals surface area contributed by atoms with Crippen LogP contribution in [0.25, 0.3) is 0 Å². The van der Waals surface area contributed by atoms with E-state index >= 15 is 0 Å². The first-order valence-corrected chi connectivity index (χ1v) is 6.13. The molecule has 20 heavy (non-hydrogen) atoms. The van der Waals surface area contributed by atoms with E-state index in [0.717, 1.165) is 0 Å². The van der Waals surface area contributed by atoms with Gasteiger partial charge in [-0.05, 0) is 24.3 Å². The molecule has 0 aliphatic rings. The fourth-order valence-corrected chi connectivity index (χ4v) is 2.00. The third-order valence-corrected chi connectivity index (χ3v) is 3.17. The van der Waals surface area contributed by atoms with Crippen LogP contribution in [0, 0.1) is 5.82 Å². The predicted molar refractivity (Wildman–Crippen MR) is 72.6 cm³/mol. The minimum atomic E-state index is -0.732. The minimum absolute atomic E-state index is 0.0603. The van der Waals surface area contributed by atoms with Crippen molar-refractivity contribution in [2.75, 3.05) is 7.11 Å². The van der Waals surface area contributed by atoms with Crippen molar-refractivity contribution in [3.8, 4) is 0 Å². The summed E-state index contributed by atoms with van der Waals surface area (Å²) in [5, 5.41) is 0.223. The molecule has 0 saturated heterocycles. The van der Waals surface area contributed by atoms with Crippen LogP contribution < -0.4 is 5.56 Å². The van der Waals surface area contributed by atoms with Gasteiger partial charge < -0.3 is 9.30 Å². The number of methoxy groups -OCH3 is 1. The van der Waals surface area contributed by atoms with Gasteiger partial charge >= 0.3 is 5.97 Å². The Morgan fingerprint density at radius 2 is 2.10 bits per heavy atom. The molecule has 2 rings (SSSR count). The fraction of sp³-hybridized carbons (Fsp3) is 0.143. The molecule has 0 radical (unpaired) electrons. The summed E-state index contributed by atoms with van der Waals surface area (Å²) in [6, 6.07) is 7.15. The maximum atomic E-state index is 13.7. The van der Waals surface area contributed by atoms with Crippen LogP contribution in [0.5, 0.6) is 0 Å². The summed E-state index contributed by atoms with van der Waals surface area (Å²) >= 11 is 5.91. The van der Waals surface area contributed by atoms with Gasteiger partial charge in [0.2, 0.25) is 0 Å². The van der Waals surface area contributed by atoms with E-state index in [4.69, 9.17) is 11.6 Å². The van der Waals surface area contributed by atoms with Crippen molar-refractivity contribution >= 4 is 17.6 Å². The molecule has 0 N–H and O–H groups in total. The van der Waals surface area contributed by atoms with Gasteiger partial charge in [-0.3, -0.25) is 4.79 Å². The molecule has 6 heteroatoms. The van der Waals surface area contributed by atoms with Crippen LogP contribution in [-0.4, -0.2) is 17.6 Å². The van der Waals surface area contributed by atoms with Gasteiger partial charge in [0, 0.05) is 16.8 Å². The molecule has 0 aliphatic heterocycles. The zero-order valence-electron chi connectivity index (χ0n) is 10.6. The number of carbonyl (C=O) groups is 1. The van der Waals surface area contributed by atoms with E-state index in [0.29, 0.717) is 0 Å². The van der Waals surface area contributed by atoms with Crippen LogP contribution in [0.15, 0.2) is 41.3 Å². The first kappa shape index (κ1) is 14.3. The Morgan fingerprint density at radius 3 is 2.75 bits per heavy atom. The molecule has 1 aromatic heterocycles. The quantitative estimate of drug-likeness (QED) is 0.817. The number of ether oxygens (including phenoxy) is 1. The molecule has 4 nitrogen and oxygen atoms in total. The van der Waals surface area contributed by atoms with Crippen LogP contribution in [0.2, 0.25) is 5.02 Å². The molecule has 1 heterocycles. The number of nitrogens with zero attached hydrogens (tertiary/aromatic N) is 1. The summed E-state index contributed by atoms with van der Waals surface area (Å²) < 4.78 is 19.4. The number of benzene rings is 1. The first-order chi connectivity index (χ1) is 9.54. The van der Waals surface area contributed by atoms with Crippen molar-refractivity contribution in [2.24, 2.45) is 0 Å². The highest BCUT2D eigenvalue weighted by molar-refractivity contribution is 6.31. The van der Waals surface area contributed by atoms with E-state index in [9.17, 15) is 14.0 Å². The van der Waals surface area contributed by atoms with E-state index in [-0.39, 0.29) is 22.7 Å². The Bertz CT molecular complexity index is 692. The lowest BCUT2D eigenvalue weighted by atomic mass is 10.2. The molecule has 2 aromatic rings. The molecule has 0 fully saturated rings. The first-order valence-electron chi connectivity index (χ1n) is 5.75. The van der Waals surface area contributed by atoms with Crippen molar-refractivity contribution in [3.05, 3.63) is 68.8 Å². The Labute approximate surface area is 119 Å². The molecule has 1 aromatic carbocycles. The second-order valence-corrected chi connectivity index (χ2v) is 4.45. The molecule has 0 unspecified atom stereocenters. The molecule has 0 bridgehead atoms. The topological polar surface area (TPSA) is 48.3 Å². The van der Waals surface area contributed by atoms with Gasteiger partial charge in [0.15, 0.2) is 0 Å². The third-order valence-electron chi connectivity index (χ3n) is 2.82. The number of aromatic nitrogens is 1. The van der Waals surface area contributed by atoms with Crippen molar-refractivity contribution < 1.29 is 13.9 Å². The number of carbonyl (C=O) groups excluding carboxylic acids is 1. The van der Waals surface area contributed by atoms with Crippen molar-refractivity contribution in [3.63, 3.8) is 0 Å². The number of esters is 1. The molecule has 0 atom stereocenters. The van der Waals surface area contributed by atoms with Crippen molar-refractivity contribution in [1.82, 2.24) is 4.57 Å². The van der Waals surface area contributed by atoms with Gasteiger partial charge in [-0.2, -0.15) is 0 Å². The summed E-state index contributed by atoms with van der Waals surface area (Å²) in [5.41, 5.74) is -0.473. The smallest absolute Gasteiger partial charge is 0.343 e. The van der Waals surface area contributed by atoms with Gasteiger partial charge in [-0.25, -0.2) is 9.18 Å². The Balaban J connectivity index is 2.45. The summed E-state index contributed by atoms with van der Waals surface area (Å²) in [6.45, 7) is -0.0603. The van der Waals surface area contributed by atoms with Gasteiger partial charge in [0.05, 0.1) is 13.7 Å². The highest BCUT2D eigenvalue weighted by Gasteiger charge is 2.14. The second-order valence-electron chi connectivity index (χ2n) is 4.05. The molecule has 0 spiro atoms. The minimum Gasteiger partial charge on any atom is -0.465 e. The summed E-state index contributed by atoms with van der Waals surface area (Å²) in [7, 11) is 1.19. The number of halogens is 2. The fourth-order valence-electron chi connectivity index (χ4n) is 1.78. The lowest BCUT2D eigenvalue weighted by Crippen LogP contribution is -2.27. The van der Waals surface area contributed by atoms with E-state index in [1.54, 1.807) is 0 Å². The van der Waals surface area contributed by atoms with Crippen LogP contribution in [0.4, 0.5) is 4.39 Å². The van der Waals surface area contributed by atoms with E-state index < -0.39 is 17.3 Å². The number of pyridine rings is 1. The maximum Gasteiger partial charge on any atom is 0.343 e. The largest absolute Gasteiger partial charge is 0.465 e. The molecular weight excluding hydrogens is 285 g/mol. The number of rotatable bonds is 3. The normalized spacial score (nSPS) is 10.3. The Morgan fingerprint density at radius 1 is 1.35 bits per heavy atom. The van der Waals surface area contributed by atoms with E-state index in [1.807, 2.05) is 0 Å². The lowest BCUT2D eigenvalue weighted by molar-refractivity contribution is 0.0598. The van der Waals surface area contributed by atoms with Crippen LogP contribution in [0.3, 0.4) is 0 Å². The van der Waals surface area contributed by atoms with E-state index in [1.165, 1.54) is 48.2 Å². The van der Waals surface area contributed by atoms with Gasteiger partial charge in [0.25, 0.3) is 5.56 Å². The average molecular weight is 296 g/mol. The summed E-state index contributed by atoms with van der Waals surface area (Å²) in [6.07, 6.45) is 1.46. The van der Waals surface area contributed by atoms with Gasteiger partial charge in [-0.1, -0.05) is 17.7 Å². The molecule has 0 amide bonds. The lowest BCUT2D eigenvalue weighted by Gasteiger charge is -2.09. The summed E-state index contributed by atoms with van der Waals surface area (Å²) in [5.74, 6) is -1.24. The van der Waals surface area contributed by atoms with Crippen LogP contribution in [0.1, 0.15) is 15.9 Å². The Kier molecular flexibility index (Phi) is 4.20. The summed E-state index contributed by atoms with van der Waals surface area (Å²) in [4.78, 5) is 23.5. The van der Waals surface area contributed by atoms with Crippen molar-refractivity contribution in [1.29, 1.82) is 0 Å². The Hall–Kier alpha value is -2.14. The zero-order valence-corrected chi connectivity index (χ0v) is 11.4. The highest BCUT2D eigenvalue weighted by Crippen LogP contribution is 2.19. The SMILES string of the molecule is COC(=O)c1cccn(Cc2c(F)cccc2Cl)c1=O. The molecule has 104 valence electrons. The number of hydrogen-bond acceptors (Lipinski definition) is 3. The average Bonchev–Trinajstić information content (AvgIpc) is 2.44. The maximum absolute atomic E-state index is 13.7. The standard InChI is InChI=1S/C14H11ClFNO3/c1-20-14(19)9-4-3-7-17(13(9)18)8-10-11(15)5-2-6-12(10)16/h2-7H,8H2,1H3. The molecule has 0 saturated carbocycles. The monoisotopic (exact) mass is 295 g/mol. The zero-order chi connectivity index (χ0) is 14.7. The van der Waals surface area contributed by atoms with Gasteiger partial charge in [-0.15, -0.1) is 0 Å². The number of hydrogen-bond donors (Lipinski definition) is 0. The van der Waals surface area contributed by atoms with Crippen molar-refractivity contribution in [2.45, 2.75) is 6.54 Å².